The summed E-state index contributed by atoms with van der Waals surface area (Å²) in [5.74, 6) is 0.458. The molecule has 0 heterocycles. The van der Waals surface area contributed by atoms with Crippen LogP contribution in [0.5, 0.6) is 0 Å². The van der Waals surface area contributed by atoms with Gasteiger partial charge in [0.2, 0.25) is 0 Å². The lowest BCUT2D eigenvalue weighted by Gasteiger charge is -2.25. The molecule has 1 unspecified atom stereocenters. The Morgan fingerprint density at radius 1 is 1.25 bits per heavy atom. The van der Waals surface area contributed by atoms with Crippen LogP contribution >= 0.6 is 0 Å². The fourth-order valence-corrected chi connectivity index (χ4v) is 1.99. The molecule has 1 aromatic carbocycles. The predicted molar refractivity (Wildman–Crippen MR) is 73.5 cm³/mol. The zero-order chi connectivity index (χ0) is 15.4. The first-order chi connectivity index (χ1) is 9.10. The van der Waals surface area contributed by atoms with Crippen LogP contribution in [0.4, 0.5) is 13.2 Å². The zero-order valence-electron chi connectivity index (χ0n) is 12.1. The van der Waals surface area contributed by atoms with Gasteiger partial charge in [-0.3, -0.25) is 0 Å². The Balaban J connectivity index is 2.67. The van der Waals surface area contributed by atoms with Gasteiger partial charge in [0, 0.05) is 13.0 Å². The van der Waals surface area contributed by atoms with Crippen LogP contribution in [0.1, 0.15) is 31.9 Å². The number of halogens is 3. The summed E-state index contributed by atoms with van der Waals surface area (Å²) in [6.07, 6.45) is -4.17. The summed E-state index contributed by atoms with van der Waals surface area (Å²) in [4.78, 5) is 0. The third-order valence-electron chi connectivity index (χ3n) is 2.90. The normalized spacial score (nSPS) is 15.4. The van der Waals surface area contributed by atoms with Crippen molar-refractivity contribution < 1.29 is 18.3 Å². The van der Waals surface area contributed by atoms with Crippen molar-refractivity contribution in [2.24, 2.45) is 5.92 Å². The minimum atomic E-state index is -4.35. The van der Waals surface area contributed by atoms with Crippen LogP contribution in [0, 0.1) is 5.92 Å². The Bertz CT molecular complexity index is 427. The van der Waals surface area contributed by atoms with Crippen molar-refractivity contribution in [3.05, 3.63) is 35.4 Å². The molecule has 1 rings (SSSR count). The molecule has 0 saturated carbocycles. The van der Waals surface area contributed by atoms with Gasteiger partial charge < -0.3 is 10.4 Å². The first-order valence-corrected chi connectivity index (χ1v) is 6.69. The van der Waals surface area contributed by atoms with Gasteiger partial charge in [-0.15, -0.1) is 0 Å². The molecule has 0 aliphatic carbocycles. The largest absolute Gasteiger partial charge is 0.416 e. The Morgan fingerprint density at radius 3 is 2.45 bits per heavy atom. The predicted octanol–water partition coefficient (Wildman–Crippen LogP) is 3.24. The van der Waals surface area contributed by atoms with Gasteiger partial charge in [0.25, 0.3) is 0 Å². The molecule has 0 fully saturated rings. The number of alkyl halides is 3. The molecule has 0 saturated heterocycles. The molecule has 1 aromatic rings. The molecule has 0 aliphatic heterocycles. The monoisotopic (exact) mass is 289 g/mol. The lowest BCUT2D eigenvalue weighted by molar-refractivity contribution is -0.137. The zero-order valence-corrected chi connectivity index (χ0v) is 12.1. The van der Waals surface area contributed by atoms with Gasteiger partial charge in [-0.25, -0.2) is 0 Å². The van der Waals surface area contributed by atoms with Crippen molar-refractivity contribution in [2.45, 2.75) is 39.0 Å². The van der Waals surface area contributed by atoms with Gasteiger partial charge in [0.05, 0.1) is 11.2 Å². The molecule has 20 heavy (non-hydrogen) atoms. The number of hydrogen-bond acceptors (Lipinski definition) is 2. The highest BCUT2D eigenvalue weighted by Gasteiger charge is 2.31. The van der Waals surface area contributed by atoms with E-state index in [9.17, 15) is 18.3 Å². The molecule has 0 radical (unpaired) electrons. The molecule has 0 aromatic heterocycles. The van der Waals surface area contributed by atoms with E-state index in [1.54, 1.807) is 13.0 Å². The third-order valence-corrected chi connectivity index (χ3v) is 2.90. The number of hydrogen-bond donors (Lipinski definition) is 2. The summed E-state index contributed by atoms with van der Waals surface area (Å²) < 4.78 is 37.9. The van der Waals surface area contributed by atoms with E-state index in [1.165, 1.54) is 6.07 Å². The summed E-state index contributed by atoms with van der Waals surface area (Å²) in [7, 11) is 0. The number of rotatable bonds is 6. The quantitative estimate of drug-likeness (QED) is 0.842. The van der Waals surface area contributed by atoms with Crippen LogP contribution in [0.3, 0.4) is 0 Å². The van der Waals surface area contributed by atoms with Crippen LogP contribution in [-0.4, -0.2) is 23.8 Å². The van der Waals surface area contributed by atoms with E-state index in [-0.39, 0.29) is 6.42 Å². The van der Waals surface area contributed by atoms with Crippen LogP contribution in [0.25, 0.3) is 0 Å². The number of nitrogens with one attached hydrogen (secondary N) is 1. The fraction of sp³-hybridized carbons (Fsp3) is 0.600. The van der Waals surface area contributed by atoms with E-state index in [2.05, 4.69) is 19.2 Å². The summed E-state index contributed by atoms with van der Waals surface area (Å²) in [5.41, 5.74) is -1.27. The average molecular weight is 289 g/mol. The van der Waals surface area contributed by atoms with E-state index >= 15 is 0 Å². The van der Waals surface area contributed by atoms with Crippen molar-refractivity contribution in [3.8, 4) is 0 Å². The topological polar surface area (TPSA) is 32.3 Å². The first-order valence-electron chi connectivity index (χ1n) is 6.69. The van der Waals surface area contributed by atoms with Gasteiger partial charge >= 0.3 is 6.18 Å². The molecule has 0 bridgehead atoms. The van der Waals surface area contributed by atoms with Crippen LogP contribution < -0.4 is 5.32 Å². The lowest BCUT2D eigenvalue weighted by atomic mass is 9.95. The summed E-state index contributed by atoms with van der Waals surface area (Å²) in [6, 6.07) is 5.11. The van der Waals surface area contributed by atoms with Gasteiger partial charge in [-0.2, -0.15) is 13.2 Å². The third kappa shape index (κ3) is 5.92. The smallest absolute Gasteiger partial charge is 0.389 e. The maximum absolute atomic E-state index is 12.6. The second kappa shape index (κ2) is 6.59. The van der Waals surface area contributed by atoms with Crippen molar-refractivity contribution in [3.63, 3.8) is 0 Å². The molecule has 2 nitrogen and oxygen atoms in total. The Kier molecular flexibility index (Phi) is 5.59. The first kappa shape index (κ1) is 17.0. The number of benzene rings is 1. The molecule has 5 heteroatoms. The van der Waals surface area contributed by atoms with E-state index in [0.717, 1.165) is 18.7 Å². The van der Waals surface area contributed by atoms with Gasteiger partial charge in [0.1, 0.15) is 0 Å². The van der Waals surface area contributed by atoms with Crippen molar-refractivity contribution >= 4 is 0 Å². The minimum absolute atomic E-state index is 0.183. The summed E-state index contributed by atoms with van der Waals surface area (Å²) in [6.45, 7) is 6.84. The average Bonchev–Trinajstić information content (AvgIpc) is 2.26. The summed E-state index contributed by atoms with van der Waals surface area (Å²) in [5, 5.41) is 13.3. The van der Waals surface area contributed by atoms with Gasteiger partial charge in [-0.05, 0) is 31.0 Å². The highest BCUT2D eigenvalue weighted by Crippen LogP contribution is 2.30. The minimum Gasteiger partial charge on any atom is -0.389 e. The van der Waals surface area contributed by atoms with Crippen LogP contribution in [0.2, 0.25) is 0 Å². The Labute approximate surface area is 118 Å². The van der Waals surface area contributed by atoms with Crippen LogP contribution in [-0.2, 0) is 12.6 Å². The highest BCUT2D eigenvalue weighted by atomic mass is 19.4. The van der Waals surface area contributed by atoms with E-state index < -0.39 is 17.3 Å². The molecule has 0 amide bonds. The maximum Gasteiger partial charge on any atom is 0.416 e. The van der Waals surface area contributed by atoms with Gasteiger partial charge in [0.15, 0.2) is 0 Å². The highest BCUT2D eigenvalue weighted by molar-refractivity contribution is 5.26. The maximum atomic E-state index is 12.6. The summed E-state index contributed by atoms with van der Waals surface area (Å²) >= 11 is 0. The Hall–Kier alpha value is -1.07. The number of aliphatic hydroxyl groups is 1. The van der Waals surface area contributed by atoms with E-state index in [1.807, 2.05) is 0 Å². The molecule has 114 valence electrons. The van der Waals surface area contributed by atoms with Gasteiger partial charge in [-0.1, -0.05) is 32.0 Å². The van der Waals surface area contributed by atoms with Crippen LogP contribution in [0.15, 0.2) is 24.3 Å². The Morgan fingerprint density at radius 2 is 1.90 bits per heavy atom. The molecular formula is C15H22F3NO. The van der Waals surface area contributed by atoms with Crippen molar-refractivity contribution in [1.82, 2.24) is 5.32 Å². The van der Waals surface area contributed by atoms with Crippen molar-refractivity contribution in [2.75, 3.05) is 13.1 Å². The second-order valence-electron chi connectivity index (χ2n) is 5.90. The van der Waals surface area contributed by atoms with E-state index in [0.29, 0.717) is 18.0 Å². The molecule has 0 aliphatic rings. The SMILES string of the molecule is CC(C)CNCC(C)(O)Cc1cccc(C(F)(F)F)c1. The molecule has 0 spiro atoms. The second-order valence-corrected chi connectivity index (χ2v) is 5.90. The lowest BCUT2D eigenvalue weighted by Crippen LogP contribution is -2.40. The fourth-order valence-electron chi connectivity index (χ4n) is 1.99. The standard InChI is InChI=1S/C15H22F3NO/c1-11(2)9-19-10-14(3,20)8-12-5-4-6-13(7-12)15(16,17)18/h4-7,11,19-20H,8-10H2,1-3H3. The molecular weight excluding hydrogens is 267 g/mol. The van der Waals surface area contributed by atoms with Crippen molar-refractivity contribution in [1.29, 1.82) is 0 Å². The van der Waals surface area contributed by atoms with E-state index in [4.69, 9.17) is 0 Å². The molecule has 2 N–H and O–H groups in total. The molecule has 1 atom stereocenters.